The summed E-state index contributed by atoms with van der Waals surface area (Å²) in [4.78, 5) is 0. The molecule has 2 aliphatic heterocycles. The van der Waals surface area contributed by atoms with Crippen LogP contribution in [0.4, 0.5) is 0 Å². The Hall–Kier alpha value is -0.0800. The Balaban J connectivity index is 1.48. The summed E-state index contributed by atoms with van der Waals surface area (Å²) in [6.45, 7) is 13.8. The van der Waals surface area contributed by atoms with E-state index in [1.54, 1.807) is 0 Å². The van der Waals surface area contributed by atoms with Crippen LogP contribution in [0.2, 0.25) is 0 Å². The average Bonchev–Trinajstić information content (AvgIpc) is 2.51. The van der Waals surface area contributed by atoms with Crippen molar-refractivity contribution >= 4 is 0 Å². The van der Waals surface area contributed by atoms with Gasteiger partial charge in [0.05, 0.1) is 53.4 Å². The minimum absolute atomic E-state index is 0.591. The fourth-order valence-corrected chi connectivity index (χ4v) is 5.88. The van der Waals surface area contributed by atoms with Gasteiger partial charge in [0, 0.05) is 5.92 Å². The fraction of sp³-hybridized carbons (Fsp3) is 1.00. The molecule has 2 saturated heterocycles. The molecule has 0 unspecified atom stereocenters. The number of hydrogen-bond acceptors (Lipinski definition) is 0. The Morgan fingerprint density at radius 2 is 1.26 bits per heavy atom. The predicted octanol–water partition coefficient (Wildman–Crippen LogP) is 4.30. The van der Waals surface area contributed by atoms with Gasteiger partial charge in [0.2, 0.25) is 0 Å². The minimum Gasteiger partial charge on any atom is -0.326 e. The summed E-state index contributed by atoms with van der Waals surface area (Å²) < 4.78 is 2.74. The summed E-state index contributed by atoms with van der Waals surface area (Å²) in [5, 5.41) is 0. The molecule has 0 N–H and O–H groups in total. The van der Waals surface area contributed by atoms with Crippen LogP contribution in [0.3, 0.4) is 0 Å². The summed E-state index contributed by atoms with van der Waals surface area (Å²) >= 11 is 0. The standard InChI is InChI=1S/C21H42N2/c1-21(2)19(11-16-22(3)12-7-5-8-13-22)17-20(21)18-23(4)14-9-6-10-15-23/h19-20H,5-18H2,1-4H3/q+2/t19-,20-/m0/s1. The van der Waals surface area contributed by atoms with Crippen LogP contribution in [0.25, 0.3) is 0 Å². The van der Waals surface area contributed by atoms with Crippen molar-refractivity contribution < 1.29 is 8.97 Å². The smallest absolute Gasteiger partial charge is 0.0818 e. The van der Waals surface area contributed by atoms with Crippen LogP contribution in [0, 0.1) is 17.3 Å². The van der Waals surface area contributed by atoms with E-state index in [2.05, 4.69) is 27.9 Å². The summed E-state index contributed by atoms with van der Waals surface area (Å²) in [6, 6.07) is 0. The molecule has 3 fully saturated rings. The van der Waals surface area contributed by atoms with Crippen molar-refractivity contribution in [3.05, 3.63) is 0 Å². The van der Waals surface area contributed by atoms with E-state index in [1.807, 2.05) is 0 Å². The number of hydrogen-bond donors (Lipinski definition) is 0. The lowest BCUT2D eigenvalue weighted by Crippen LogP contribution is -2.58. The van der Waals surface area contributed by atoms with Crippen molar-refractivity contribution in [3.63, 3.8) is 0 Å². The molecule has 2 nitrogen and oxygen atoms in total. The number of rotatable bonds is 5. The third-order valence-electron chi connectivity index (χ3n) is 8.14. The molecular formula is C21H42N2+2. The first-order chi connectivity index (χ1) is 10.8. The average molecular weight is 323 g/mol. The van der Waals surface area contributed by atoms with Crippen LogP contribution >= 0.6 is 0 Å². The Kier molecular flexibility index (Phi) is 5.14. The number of piperidine rings is 2. The zero-order valence-electron chi connectivity index (χ0n) is 16.4. The molecule has 1 aliphatic carbocycles. The predicted molar refractivity (Wildman–Crippen MR) is 99.3 cm³/mol. The topological polar surface area (TPSA) is 0 Å². The molecule has 2 atom stereocenters. The van der Waals surface area contributed by atoms with Gasteiger partial charge < -0.3 is 8.97 Å². The van der Waals surface area contributed by atoms with E-state index in [1.165, 1.54) is 99.6 Å². The number of quaternary nitrogens is 2. The zero-order chi connectivity index (χ0) is 16.6. The van der Waals surface area contributed by atoms with Crippen LogP contribution in [-0.4, -0.2) is 62.3 Å². The van der Waals surface area contributed by atoms with Gasteiger partial charge in [-0.05, 0) is 62.7 Å². The molecule has 23 heavy (non-hydrogen) atoms. The Morgan fingerprint density at radius 3 is 1.78 bits per heavy atom. The van der Waals surface area contributed by atoms with Gasteiger partial charge in [0.15, 0.2) is 0 Å². The quantitative estimate of drug-likeness (QED) is 0.662. The highest BCUT2D eigenvalue weighted by Gasteiger charge is 2.51. The summed E-state index contributed by atoms with van der Waals surface area (Å²) in [7, 11) is 5.05. The molecule has 134 valence electrons. The second kappa shape index (κ2) is 6.67. The van der Waals surface area contributed by atoms with Gasteiger partial charge in [0.25, 0.3) is 0 Å². The first-order valence-electron chi connectivity index (χ1n) is 10.5. The van der Waals surface area contributed by atoms with Crippen molar-refractivity contribution in [2.75, 3.05) is 53.4 Å². The normalized spacial score (nSPS) is 35.5. The monoisotopic (exact) mass is 322 g/mol. The first kappa shape index (κ1) is 17.7. The molecule has 1 saturated carbocycles. The van der Waals surface area contributed by atoms with Gasteiger partial charge in [-0.15, -0.1) is 0 Å². The summed E-state index contributed by atoms with van der Waals surface area (Å²) in [6.07, 6.45) is 11.8. The van der Waals surface area contributed by atoms with Gasteiger partial charge in [-0.1, -0.05) is 13.8 Å². The molecule has 0 aromatic carbocycles. The van der Waals surface area contributed by atoms with E-state index in [0.29, 0.717) is 5.41 Å². The molecule has 0 aromatic rings. The minimum atomic E-state index is 0.591. The lowest BCUT2D eigenvalue weighted by molar-refractivity contribution is -0.919. The van der Waals surface area contributed by atoms with Crippen molar-refractivity contribution in [1.29, 1.82) is 0 Å². The third kappa shape index (κ3) is 3.95. The van der Waals surface area contributed by atoms with Crippen molar-refractivity contribution in [2.45, 2.75) is 65.2 Å². The molecule has 0 bridgehead atoms. The van der Waals surface area contributed by atoms with Crippen LogP contribution in [0.5, 0.6) is 0 Å². The van der Waals surface area contributed by atoms with Crippen molar-refractivity contribution in [3.8, 4) is 0 Å². The second-order valence-corrected chi connectivity index (χ2v) is 10.4. The molecule has 3 rings (SSSR count). The van der Waals surface area contributed by atoms with Gasteiger partial charge in [-0.3, -0.25) is 0 Å². The van der Waals surface area contributed by atoms with Gasteiger partial charge >= 0.3 is 0 Å². The van der Waals surface area contributed by atoms with E-state index in [0.717, 1.165) is 11.8 Å². The van der Waals surface area contributed by atoms with Gasteiger partial charge in [-0.2, -0.15) is 0 Å². The van der Waals surface area contributed by atoms with Crippen LogP contribution in [0.1, 0.15) is 65.2 Å². The molecule has 3 aliphatic rings. The summed E-state index contributed by atoms with van der Waals surface area (Å²) in [5.74, 6) is 1.96. The lowest BCUT2D eigenvalue weighted by Gasteiger charge is -2.55. The zero-order valence-corrected chi connectivity index (χ0v) is 16.4. The maximum Gasteiger partial charge on any atom is 0.0818 e. The van der Waals surface area contributed by atoms with E-state index in [4.69, 9.17) is 0 Å². The van der Waals surface area contributed by atoms with E-state index in [9.17, 15) is 0 Å². The maximum absolute atomic E-state index is 2.58. The Labute approximate surface area is 145 Å². The van der Waals surface area contributed by atoms with Gasteiger partial charge in [-0.25, -0.2) is 0 Å². The van der Waals surface area contributed by atoms with E-state index < -0.39 is 0 Å². The first-order valence-corrected chi connectivity index (χ1v) is 10.5. The van der Waals surface area contributed by atoms with Crippen LogP contribution in [0.15, 0.2) is 0 Å². The Morgan fingerprint density at radius 1 is 0.739 bits per heavy atom. The molecule has 2 heteroatoms. The molecular weight excluding hydrogens is 280 g/mol. The largest absolute Gasteiger partial charge is 0.326 e. The lowest BCUT2D eigenvalue weighted by atomic mass is 9.53. The Bertz CT molecular complexity index is 389. The molecule has 0 spiro atoms. The maximum atomic E-state index is 2.58. The van der Waals surface area contributed by atoms with Crippen molar-refractivity contribution in [1.82, 2.24) is 0 Å². The van der Waals surface area contributed by atoms with Crippen molar-refractivity contribution in [2.24, 2.45) is 17.3 Å². The number of nitrogens with zero attached hydrogens (tertiary/aromatic N) is 2. The van der Waals surface area contributed by atoms with E-state index in [-0.39, 0.29) is 0 Å². The third-order valence-corrected chi connectivity index (χ3v) is 8.14. The van der Waals surface area contributed by atoms with Crippen LogP contribution < -0.4 is 0 Å². The highest BCUT2D eigenvalue weighted by molar-refractivity contribution is 4.96. The fourth-order valence-electron chi connectivity index (χ4n) is 5.88. The molecule has 2 heterocycles. The number of likely N-dealkylation sites (tertiary alicyclic amines) is 2. The molecule has 0 aromatic heterocycles. The highest BCUT2D eigenvalue weighted by atomic mass is 15.3. The second-order valence-electron chi connectivity index (χ2n) is 10.4. The van der Waals surface area contributed by atoms with Crippen LogP contribution in [-0.2, 0) is 0 Å². The highest BCUT2D eigenvalue weighted by Crippen LogP contribution is 2.54. The molecule has 0 amide bonds. The SMILES string of the molecule is CC1(C)[C@@H](CC[N+]2(C)CCCCC2)C[C@H]1C[N+]1(C)CCCCC1. The van der Waals surface area contributed by atoms with Gasteiger partial charge in [0.1, 0.15) is 0 Å². The molecule has 0 radical (unpaired) electrons. The summed E-state index contributed by atoms with van der Waals surface area (Å²) in [5.41, 5.74) is 0.591. The van der Waals surface area contributed by atoms with E-state index >= 15 is 0 Å².